The fraction of sp³-hybridized carbons (Fsp3) is 0. The van der Waals surface area contributed by atoms with Crippen molar-refractivity contribution in [1.82, 2.24) is 4.98 Å². The molecule has 56 valence electrons. The van der Waals surface area contributed by atoms with E-state index in [9.17, 15) is 4.39 Å². The largest absolute Gasteiger partial charge is 0.384 e. The van der Waals surface area contributed by atoms with Crippen LogP contribution in [0.3, 0.4) is 0 Å². The molecule has 0 atom stereocenters. The van der Waals surface area contributed by atoms with Gasteiger partial charge in [-0.25, -0.2) is 9.37 Å². The number of nitrogen functional groups attached to an aromatic ring is 1. The van der Waals surface area contributed by atoms with Crippen molar-refractivity contribution in [2.24, 2.45) is 0 Å². The number of anilines is 1. The molecule has 1 heterocycles. The lowest BCUT2D eigenvalue weighted by Gasteiger charge is -1.92. The standard InChI is InChI=1S/C5H4BrFN2.ClH/c6-3-2-9-5(8)1-4(3)7;/h1-2H,(H2,8,9);1H. The number of pyridine rings is 1. The van der Waals surface area contributed by atoms with E-state index in [-0.39, 0.29) is 24.0 Å². The van der Waals surface area contributed by atoms with Gasteiger partial charge in [0.15, 0.2) is 0 Å². The molecular weight excluding hydrogens is 222 g/mol. The van der Waals surface area contributed by atoms with Crippen molar-refractivity contribution < 1.29 is 4.39 Å². The van der Waals surface area contributed by atoms with Crippen molar-refractivity contribution in [2.45, 2.75) is 0 Å². The minimum absolute atomic E-state index is 0. The van der Waals surface area contributed by atoms with E-state index in [1.54, 1.807) is 0 Å². The minimum Gasteiger partial charge on any atom is -0.384 e. The Bertz CT molecular complexity index is 231. The molecule has 2 N–H and O–H groups in total. The molecule has 10 heavy (non-hydrogen) atoms. The van der Waals surface area contributed by atoms with Gasteiger partial charge < -0.3 is 5.73 Å². The highest BCUT2D eigenvalue weighted by atomic mass is 79.9. The number of hydrogen-bond acceptors (Lipinski definition) is 2. The maximum absolute atomic E-state index is 12.4. The molecule has 0 radical (unpaired) electrons. The summed E-state index contributed by atoms with van der Waals surface area (Å²) in [4.78, 5) is 3.63. The second-order valence-electron chi connectivity index (χ2n) is 1.52. The van der Waals surface area contributed by atoms with Crippen LogP contribution in [0.15, 0.2) is 16.7 Å². The maximum atomic E-state index is 12.4. The van der Waals surface area contributed by atoms with Crippen LogP contribution in [0.5, 0.6) is 0 Å². The maximum Gasteiger partial charge on any atom is 0.142 e. The zero-order valence-electron chi connectivity index (χ0n) is 4.84. The van der Waals surface area contributed by atoms with Gasteiger partial charge in [-0.05, 0) is 15.9 Å². The van der Waals surface area contributed by atoms with Crippen LogP contribution in [0.25, 0.3) is 0 Å². The first kappa shape index (κ1) is 9.65. The van der Waals surface area contributed by atoms with Gasteiger partial charge in [-0.1, -0.05) is 0 Å². The third kappa shape index (κ3) is 2.11. The van der Waals surface area contributed by atoms with Crippen molar-refractivity contribution in [1.29, 1.82) is 0 Å². The average molecular weight is 227 g/mol. The highest BCUT2D eigenvalue weighted by molar-refractivity contribution is 9.10. The molecule has 0 unspecified atom stereocenters. The second kappa shape index (κ2) is 3.73. The Morgan fingerprint density at radius 3 is 2.60 bits per heavy atom. The highest BCUT2D eigenvalue weighted by Gasteiger charge is 1.96. The molecule has 0 saturated heterocycles. The molecule has 0 saturated carbocycles. The van der Waals surface area contributed by atoms with Crippen LogP contribution >= 0.6 is 28.3 Å². The van der Waals surface area contributed by atoms with Gasteiger partial charge in [0.25, 0.3) is 0 Å². The molecule has 0 spiro atoms. The summed E-state index contributed by atoms with van der Waals surface area (Å²) >= 11 is 2.94. The normalized spacial score (nSPS) is 8.60. The SMILES string of the molecule is Cl.Nc1cc(F)c(Br)cn1. The van der Waals surface area contributed by atoms with E-state index in [0.717, 1.165) is 6.07 Å². The van der Waals surface area contributed by atoms with E-state index in [2.05, 4.69) is 20.9 Å². The second-order valence-corrected chi connectivity index (χ2v) is 2.38. The van der Waals surface area contributed by atoms with Crippen LogP contribution in [0.2, 0.25) is 0 Å². The molecule has 0 bridgehead atoms. The van der Waals surface area contributed by atoms with Crippen molar-refractivity contribution in [2.75, 3.05) is 5.73 Å². The Balaban J connectivity index is 0.000000810. The average Bonchev–Trinajstić information content (AvgIpc) is 1.80. The van der Waals surface area contributed by atoms with Gasteiger partial charge in [-0.3, -0.25) is 0 Å². The molecule has 0 aromatic carbocycles. The summed E-state index contributed by atoms with van der Waals surface area (Å²) in [6.07, 6.45) is 1.32. The van der Waals surface area contributed by atoms with Crippen LogP contribution in [-0.4, -0.2) is 4.98 Å². The summed E-state index contributed by atoms with van der Waals surface area (Å²) in [5.74, 6) is -0.196. The van der Waals surface area contributed by atoms with Crippen molar-refractivity contribution in [3.63, 3.8) is 0 Å². The van der Waals surface area contributed by atoms with Gasteiger partial charge in [0.2, 0.25) is 0 Å². The molecule has 1 aromatic rings. The summed E-state index contributed by atoms with van der Waals surface area (Å²) in [6, 6.07) is 1.16. The number of halogens is 3. The molecule has 1 rings (SSSR count). The van der Waals surface area contributed by atoms with Gasteiger partial charge in [0, 0.05) is 12.3 Å². The van der Waals surface area contributed by atoms with Gasteiger partial charge >= 0.3 is 0 Å². The molecule has 0 aliphatic rings. The number of rotatable bonds is 0. The summed E-state index contributed by atoms with van der Waals surface area (Å²) < 4.78 is 12.7. The number of nitrogens with zero attached hydrogens (tertiary/aromatic N) is 1. The fourth-order valence-electron chi connectivity index (χ4n) is 0.429. The van der Waals surface area contributed by atoms with Crippen molar-refractivity contribution in [3.8, 4) is 0 Å². The first-order valence-corrected chi connectivity index (χ1v) is 3.06. The van der Waals surface area contributed by atoms with Crippen molar-refractivity contribution >= 4 is 34.2 Å². The lowest BCUT2D eigenvalue weighted by molar-refractivity contribution is 0.619. The third-order valence-corrected chi connectivity index (χ3v) is 1.41. The Kier molecular flexibility index (Phi) is 3.60. The first-order chi connectivity index (χ1) is 4.20. The Morgan fingerprint density at radius 2 is 2.20 bits per heavy atom. The van der Waals surface area contributed by atoms with E-state index in [1.807, 2.05) is 0 Å². The third-order valence-electron chi connectivity index (χ3n) is 0.830. The molecular formula is C5H5BrClFN2. The molecule has 5 heteroatoms. The summed E-state index contributed by atoms with van der Waals surface area (Å²) in [6.45, 7) is 0. The van der Waals surface area contributed by atoms with Gasteiger partial charge in [-0.15, -0.1) is 12.4 Å². The summed E-state index contributed by atoms with van der Waals surface area (Å²) in [5, 5.41) is 0. The lowest BCUT2D eigenvalue weighted by Crippen LogP contribution is -1.90. The van der Waals surface area contributed by atoms with Crippen LogP contribution in [0.4, 0.5) is 10.2 Å². The molecule has 0 aliphatic heterocycles. The zero-order chi connectivity index (χ0) is 6.85. The van der Waals surface area contributed by atoms with E-state index >= 15 is 0 Å². The Hall–Kier alpha value is -0.350. The first-order valence-electron chi connectivity index (χ1n) is 2.26. The topological polar surface area (TPSA) is 38.9 Å². The fourth-order valence-corrected chi connectivity index (χ4v) is 0.646. The van der Waals surface area contributed by atoms with Gasteiger partial charge in [-0.2, -0.15) is 0 Å². The van der Waals surface area contributed by atoms with Crippen LogP contribution in [-0.2, 0) is 0 Å². The summed E-state index contributed by atoms with van der Waals surface area (Å²) in [7, 11) is 0. The summed E-state index contributed by atoms with van der Waals surface area (Å²) in [5.41, 5.74) is 5.16. The van der Waals surface area contributed by atoms with E-state index < -0.39 is 0 Å². The Morgan fingerprint density at radius 1 is 1.60 bits per heavy atom. The predicted octanol–water partition coefficient (Wildman–Crippen LogP) is 1.99. The number of hydrogen-bond donors (Lipinski definition) is 1. The quantitative estimate of drug-likeness (QED) is 0.736. The van der Waals surface area contributed by atoms with Crippen molar-refractivity contribution in [3.05, 3.63) is 22.6 Å². The number of nitrogens with two attached hydrogens (primary N) is 1. The van der Waals surface area contributed by atoms with E-state index in [0.29, 0.717) is 4.47 Å². The minimum atomic E-state index is -0.387. The van der Waals surface area contributed by atoms with Gasteiger partial charge in [0.1, 0.15) is 11.6 Å². The molecule has 0 aliphatic carbocycles. The predicted molar refractivity (Wildman–Crippen MR) is 43.6 cm³/mol. The van der Waals surface area contributed by atoms with E-state index in [4.69, 9.17) is 5.73 Å². The van der Waals surface area contributed by atoms with Gasteiger partial charge in [0.05, 0.1) is 4.47 Å². The van der Waals surface area contributed by atoms with E-state index in [1.165, 1.54) is 6.20 Å². The molecule has 0 fully saturated rings. The smallest absolute Gasteiger partial charge is 0.142 e. The van der Waals surface area contributed by atoms with Crippen LogP contribution in [0, 0.1) is 5.82 Å². The number of aromatic nitrogens is 1. The molecule has 0 amide bonds. The Labute approximate surface area is 72.2 Å². The van der Waals surface area contributed by atoms with Crippen LogP contribution in [0.1, 0.15) is 0 Å². The van der Waals surface area contributed by atoms with Crippen LogP contribution < -0.4 is 5.73 Å². The molecule has 2 nitrogen and oxygen atoms in total. The lowest BCUT2D eigenvalue weighted by atomic mass is 10.4. The molecule has 1 aromatic heterocycles. The zero-order valence-corrected chi connectivity index (χ0v) is 7.25. The highest BCUT2D eigenvalue weighted by Crippen LogP contribution is 2.14. The monoisotopic (exact) mass is 226 g/mol.